The predicted molar refractivity (Wildman–Crippen MR) is 59.3 cm³/mol. The number of nitrogens with zero attached hydrogens (tertiary/aromatic N) is 1. The molecule has 1 aliphatic rings. The zero-order valence-electron chi connectivity index (χ0n) is 8.97. The number of aromatic hydroxyl groups is 1. The minimum atomic E-state index is -0.199. The number of aliphatic hydroxyl groups is 1. The standard InChI is InChI=1S/C12H15NO3/c14-8-9-4-3-7-13(9)12(16)10-5-1-2-6-11(10)15/h1-2,5-6,9,14-15H,3-4,7-8H2. The van der Waals surface area contributed by atoms with Gasteiger partial charge in [-0.05, 0) is 25.0 Å². The summed E-state index contributed by atoms with van der Waals surface area (Å²) in [5.41, 5.74) is 0.308. The van der Waals surface area contributed by atoms with Crippen molar-refractivity contribution in [2.75, 3.05) is 13.2 Å². The first-order chi connectivity index (χ1) is 7.74. The number of aliphatic hydroxyl groups excluding tert-OH is 1. The summed E-state index contributed by atoms with van der Waals surface area (Å²) < 4.78 is 0. The second-order valence-electron chi connectivity index (χ2n) is 3.99. The summed E-state index contributed by atoms with van der Waals surface area (Å²) in [6.07, 6.45) is 1.74. The number of carbonyl (C=O) groups is 1. The predicted octanol–water partition coefficient (Wildman–Crippen LogP) is 0.989. The van der Waals surface area contributed by atoms with Gasteiger partial charge in [0.2, 0.25) is 0 Å². The molecule has 0 bridgehead atoms. The Labute approximate surface area is 94.1 Å². The maximum atomic E-state index is 12.1. The van der Waals surface area contributed by atoms with Crippen LogP contribution >= 0.6 is 0 Å². The van der Waals surface area contributed by atoms with Crippen LogP contribution in [-0.2, 0) is 0 Å². The number of phenolic OH excluding ortho intramolecular Hbond substituents is 1. The number of carbonyl (C=O) groups excluding carboxylic acids is 1. The van der Waals surface area contributed by atoms with Gasteiger partial charge in [-0.15, -0.1) is 0 Å². The number of benzene rings is 1. The Bertz CT molecular complexity index is 392. The molecule has 86 valence electrons. The van der Waals surface area contributed by atoms with E-state index in [9.17, 15) is 9.90 Å². The quantitative estimate of drug-likeness (QED) is 0.783. The fourth-order valence-corrected chi connectivity index (χ4v) is 2.10. The van der Waals surface area contributed by atoms with Gasteiger partial charge >= 0.3 is 0 Å². The smallest absolute Gasteiger partial charge is 0.257 e. The Balaban J connectivity index is 2.22. The van der Waals surface area contributed by atoms with Crippen molar-refractivity contribution in [1.82, 2.24) is 4.90 Å². The molecule has 4 heteroatoms. The fourth-order valence-electron chi connectivity index (χ4n) is 2.10. The second kappa shape index (κ2) is 4.53. The Hall–Kier alpha value is -1.55. The van der Waals surface area contributed by atoms with Gasteiger partial charge in [0.05, 0.1) is 18.2 Å². The van der Waals surface area contributed by atoms with Crippen molar-refractivity contribution in [1.29, 1.82) is 0 Å². The van der Waals surface area contributed by atoms with Crippen LogP contribution in [0.5, 0.6) is 5.75 Å². The number of likely N-dealkylation sites (tertiary alicyclic amines) is 1. The van der Waals surface area contributed by atoms with Gasteiger partial charge in [-0.25, -0.2) is 0 Å². The third-order valence-electron chi connectivity index (χ3n) is 2.98. The Kier molecular flexibility index (Phi) is 3.10. The topological polar surface area (TPSA) is 60.8 Å². The molecule has 2 rings (SSSR count). The van der Waals surface area contributed by atoms with E-state index in [4.69, 9.17) is 5.11 Å². The lowest BCUT2D eigenvalue weighted by molar-refractivity contribution is 0.0674. The molecule has 4 nitrogen and oxygen atoms in total. The number of hydrogen-bond acceptors (Lipinski definition) is 3. The largest absolute Gasteiger partial charge is 0.507 e. The van der Waals surface area contributed by atoms with Gasteiger partial charge in [0.1, 0.15) is 5.75 Å². The van der Waals surface area contributed by atoms with E-state index in [2.05, 4.69) is 0 Å². The molecule has 1 unspecified atom stereocenters. The molecule has 16 heavy (non-hydrogen) atoms. The third kappa shape index (κ3) is 1.88. The Morgan fingerprint density at radius 3 is 2.88 bits per heavy atom. The lowest BCUT2D eigenvalue weighted by Gasteiger charge is -2.23. The van der Waals surface area contributed by atoms with Gasteiger partial charge in [-0.1, -0.05) is 12.1 Å². The lowest BCUT2D eigenvalue weighted by Crippen LogP contribution is -2.37. The number of phenols is 1. The molecule has 0 spiro atoms. The van der Waals surface area contributed by atoms with Crippen LogP contribution in [0.15, 0.2) is 24.3 Å². The van der Waals surface area contributed by atoms with Crippen molar-refractivity contribution < 1.29 is 15.0 Å². The summed E-state index contributed by atoms with van der Waals surface area (Å²) in [7, 11) is 0. The number of rotatable bonds is 2. The molecule has 1 aliphatic heterocycles. The average Bonchev–Trinajstić information content (AvgIpc) is 2.77. The number of amides is 1. The second-order valence-corrected chi connectivity index (χ2v) is 3.99. The molecular formula is C12H15NO3. The Morgan fingerprint density at radius 1 is 1.44 bits per heavy atom. The van der Waals surface area contributed by atoms with Crippen LogP contribution in [-0.4, -0.2) is 40.2 Å². The van der Waals surface area contributed by atoms with E-state index >= 15 is 0 Å². The molecule has 0 aliphatic carbocycles. The van der Waals surface area contributed by atoms with Crippen molar-refractivity contribution in [3.8, 4) is 5.75 Å². The van der Waals surface area contributed by atoms with E-state index in [1.807, 2.05) is 0 Å². The van der Waals surface area contributed by atoms with Crippen LogP contribution in [0.25, 0.3) is 0 Å². The summed E-state index contributed by atoms with van der Waals surface area (Å²) >= 11 is 0. The van der Waals surface area contributed by atoms with E-state index < -0.39 is 0 Å². The van der Waals surface area contributed by atoms with E-state index in [-0.39, 0.29) is 24.3 Å². The molecule has 1 aromatic rings. The van der Waals surface area contributed by atoms with Gasteiger partial charge in [-0.2, -0.15) is 0 Å². The third-order valence-corrected chi connectivity index (χ3v) is 2.98. The van der Waals surface area contributed by atoms with Crippen molar-refractivity contribution >= 4 is 5.91 Å². The minimum absolute atomic E-state index is 0.00362. The number of hydrogen-bond donors (Lipinski definition) is 2. The fraction of sp³-hybridized carbons (Fsp3) is 0.417. The Morgan fingerprint density at radius 2 is 2.19 bits per heavy atom. The summed E-state index contributed by atoms with van der Waals surface area (Å²) in [5.74, 6) is -0.203. The van der Waals surface area contributed by atoms with Crippen LogP contribution < -0.4 is 0 Å². The lowest BCUT2D eigenvalue weighted by atomic mass is 10.1. The van der Waals surface area contributed by atoms with Crippen molar-refractivity contribution in [3.63, 3.8) is 0 Å². The molecule has 0 aromatic heterocycles. The summed E-state index contributed by atoms with van der Waals surface area (Å²) in [5, 5.41) is 18.7. The summed E-state index contributed by atoms with van der Waals surface area (Å²) in [6, 6.07) is 6.39. The normalized spacial score (nSPS) is 20.1. The molecule has 1 atom stereocenters. The highest BCUT2D eigenvalue weighted by molar-refractivity contribution is 5.97. The van der Waals surface area contributed by atoms with E-state index in [0.29, 0.717) is 12.1 Å². The van der Waals surface area contributed by atoms with Crippen molar-refractivity contribution in [2.45, 2.75) is 18.9 Å². The van der Waals surface area contributed by atoms with E-state index in [1.54, 1.807) is 23.1 Å². The zero-order valence-corrected chi connectivity index (χ0v) is 8.97. The monoisotopic (exact) mass is 221 g/mol. The van der Waals surface area contributed by atoms with Crippen LogP contribution in [0.3, 0.4) is 0 Å². The molecule has 0 radical (unpaired) electrons. The van der Waals surface area contributed by atoms with Crippen LogP contribution in [0.2, 0.25) is 0 Å². The van der Waals surface area contributed by atoms with Gasteiger partial charge in [-0.3, -0.25) is 4.79 Å². The molecule has 1 heterocycles. The average molecular weight is 221 g/mol. The first kappa shape index (κ1) is 11.0. The van der Waals surface area contributed by atoms with Gasteiger partial charge in [0.25, 0.3) is 5.91 Å². The summed E-state index contributed by atoms with van der Waals surface area (Å²) in [4.78, 5) is 13.7. The maximum absolute atomic E-state index is 12.1. The highest BCUT2D eigenvalue weighted by atomic mass is 16.3. The van der Waals surface area contributed by atoms with Crippen molar-refractivity contribution in [2.24, 2.45) is 0 Å². The van der Waals surface area contributed by atoms with Crippen molar-refractivity contribution in [3.05, 3.63) is 29.8 Å². The highest BCUT2D eigenvalue weighted by Gasteiger charge is 2.29. The zero-order chi connectivity index (χ0) is 11.5. The molecular weight excluding hydrogens is 206 g/mol. The van der Waals surface area contributed by atoms with Gasteiger partial charge < -0.3 is 15.1 Å². The maximum Gasteiger partial charge on any atom is 0.257 e. The number of para-hydroxylation sites is 1. The van der Waals surface area contributed by atoms with Gasteiger partial charge in [0, 0.05) is 6.54 Å². The first-order valence-corrected chi connectivity index (χ1v) is 5.44. The molecule has 1 fully saturated rings. The highest BCUT2D eigenvalue weighted by Crippen LogP contribution is 2.23. The van der Waals surface area contributed by atoms with E-state index in [0.717, 1.165) is 12.8 Å². The van der Waals surface area contributed by atoms with Crippen LogP contribution in [0.4, 0.5) is 0 Å². The SMILES string of the molecule is O=C(c1ccccc1O)N1CCCC1CO. The van der Waals surface area contributed by atoms with Crippen LogP contribution in [0.1, 0.15) is 23.2 Å². The minimum Gasteiger partial charge on any atom is -0.507 e. The first-order valence-electron chi connectivity index (χ1n) is 5.44. The molecule has 0 saturated carbocycles. The molecule has 1 aromatic carbocycles. The van der Waals surface area contributed by atoms with Crippen LogP contribution in [0, 0.1) is 0 Å². The molecule has 2 N–H and O–H groups in total. The molecule has 1 saturated heterocycles. The van der Waals surface area contributed by atoms with Gasteiger partial charge in [0.15, 0.2) is 0 Å². The molecule has 1 amide bonds. The van der Waals surface area contributed by atoms with E-state index in [1.165, 1.54) is 6.07 Å². The summed E-state index contributed by atoms with van der Waals surface area (Å²) in [6.45, 7) is 0.637.